The molecule has 0 atom stereocenters. The predicted molar refractivity (Wildman–Crippen MR) is 117 cm³/mol. The summed E-state index contributed by atoms with van der Waals surface area (Å²) in [5.41, 5.74) is 2.47. The first-order chi connectivity index (χ1) is 15.2. The highest BCUT2D eigenvalue weighted by atomic mass is 16.7. The molecule has 3 heterocycles. The second kappa shape index (κ2) is 10.7. The van der Waals surface area contributed by atoms with Crippen LogP contribution in [0.1, 0.15) is 36.1 Å². The quantitative estimate of drug-likeness (QED) is 0.389. The Morgan fingerprint density at radius 3 is 2.58 bits per heavy atom. The number of morpholine rings is 1. The fourth-order valence-electron chi connectivity index (χ4n) is 3.78. The van der Waals surface area contributed by atoms with E-state index in [2.05, 4.69) is 18.9 Å². The molecule has 6 heteroatoms. The topological polar surface area (TPSA) is 49.8 Å². The van der Waals surface area contributed by atoms with Gasteiger partial charge in [0, 0.05) is 12.8 Å². The van der Waals surface area contributed by atoms with E-state index in [-0.39, 0.29) is 0 Å². The summed E-state index contributed by atoms with van der Waals surface area (Å²) in [6, 6.07) is 13.9. The summed E-state index contributed by atoms with van der Waals surface area (Å²) in [5.74, 6) is 7.15. The number of aromatic nitrogens is 1. The molecule has 1 aromatic carbocycles. The minimum atomic E-state index is -0.502. The van der Waals surface area contributed by atoms with Crippen molar-refractivity contribution in [3.63, 3.8) is 0 Å². The van der Waals surface area contributed by atoms with E-state index in [1.807, 2.05) is 42.5 Å². The molecular formula is C25H31N2O4+. The lowest BCUT2D eigenvalue weighted by Crippen LogP contribution is -2.52. The van der Waals surface area contributed by atoms with Gasteiger partial charge in [-0.3, -0.25) is 0 Å². The van der Waals surface area contributed by atoms with E-state index in [9.17, 15) is 0 Å². The van der Waals surface area contributed by atoms with E-state index < -0.39 is 6.29 Å². The number of rotatable bonds is 7. The first-order valence-corrected chi connectivity index (χ1v) is 11.0. The van der Waals surface area contributed by atoms with Gasteiger partial charge in [0.1, 0.15) is 36.8 Å². The SMILES string of the molecule is C[N+]1(CCCC#Cc2ccc(OCc3ccccc3)c(C3OCCO3)n2)CCOCC1. The Morgan fingerprint density at radius 1 is 1.03 bits per heavy atom. The van der Waals surface area contributed by atoms with Gasteiger partial charge >= 0.3 is 0 Å². The first-order valence-electron chi connectivity index (χ1n) is 11.0. The predicted octanol–water partition coefficient (Wildman–Crippen LogP) is 3.31. The van der Waals surface area contributed by atoms with Crippen molar-refractivity contribution in [2.45, 2.75) is 25.7 Å². The third-order valence-corrected chi connectivity index (χ3v) is 5.74. The fourth-order valence-corrected chi connectivity index (χ4v) is 3.78. The van der Waals surface area contributed by atoms with Crippen LogP contribution in [0.3, 0.4) is 0 Å². The van der Waals surface area contributed by atoms with Gasteiger partial charge in [0.2, 0.25) is 6.29 Å². The number of likely N-dealkylation sites (N-methyl/N-ethyl adjacent to an activating group) is 1. The molecule has 0 amide bonds. The monoisotopic (exact) mass is 423 g/mol. The molecule has 0 radical (unpaired) electrons. The fraction of sp³-hybridized carbons (Fsp3) is 0.480. The van der Waals surface area contributed by atoms with Crippen LogP contribution in [0.4, 0.5) is 0 Å². The van der Waals surface area contributed by atoms with Crippen molar-refractivity contribution in [1.29, 1.82) is 0 Å². The molecule has 0 bridgehead atoms. The number of hydrogen-bond acceptors (Lipinski definition) is 5. The largest absolute Gasteiger partial charge is 0.487 e. The van der Waals surface area contributed by atoms with Crippen LogP contribution in [-0.2, 0) is 20.8 Å². The summed E-state index contributed by atoms with van der Waals surface area (Å²) in [6.07, 6.45) is 1.43. The van der Waals surface area contributed by atoms with Gasteiger partial charge in [0.05, 0.1) is 40.0 Å². The van der Waals surface area contributed by atoms with Crippen LogP contribution >= 0.6 is 0 Å². The molecule has 31 heavy (non-hydrogen) atoms. The molecular weight excluding hydrogens is 392 g/mol. The van der Waals surface area contributed by atoms with Crippen molar-refractivity contribution in [1.82, 2.24) is 4.98 Å². The summed E-state index contributed by atoms with van der Waals surface area (Å²) in [4.78, 5) is 4.70. The zero-order valence-electron chi connectivity index (χ0n) is 18.2. The minimum absolute atomic E-state index is 0.468. The second-order valence-electron chi connectivity index (χ2n) is 8.24. The van der Waals surface area contributed by atoms with Gasteiger partial charge in [0.25, 0.3) is 0 Å². The highest BCUT2D eigenvalue weighted by Gasteiger charge is 2.25. The van der Waals surface area contributed by atoms with Gasteiger partial charge in [-0.1, -0.05) is 36.3 Å². The van der Waals surface area contributed by atoms with Crippen molar-refractivity contribution in [3.05, 3.63) is 59.4 Å². The van der Waals surface area contributed by atoms with Gasteiger partial charge in [-0.15, -0.1) is 0 Å². The van der Waals surface area contributed by atoms with Crippen molar-refractivity contribution in [2.24, 2.45) is 0 Å². The van der Waals surface area contributed by atoms with E-state index in [4.69, 9.17) is 23.9 Å². The highest BCUT2D eigenvalue weighted by molar-refractivity contribution is 5.37. The molecule has 2 saturated heterocycles. The summed E-state index contributed by atoms with van der Waals surface area (Å²) < 4.78 is 23.9. The van der Waals surface area contributed by atoms with Gasteiger partial charge < -0.3 is 23.4 Å². The maximum Gasteiger partial charge on any atom is 0.205 e. The molecule has 0 aliphatic carbocycles. The summed E-state index contributed by atoms with van der Waals surface area (Å²) in [6.45, 7) is 6.61. The van der Waals surface area contributed by atoms with E-state index in [0.717, 1.165) is 55.7 Å². The maximum atomic E-state index is 6.03. The normalized spacial score (nSPS) is 18.4. The van der Waals surface area contributed by atoms with Crippen LogP contribution in [0.5, 0.6) is 5.75 Å². The molecule has 2 aliphatic rings. The van der Waals surface area contributed by atoms with Crippen molar-refractivity contribution in [2.75, 3.05) is 53.1 Å². The third-order valence-electron chi connectivity index (χ3n) is 5.74. The Labute approximate surface area is 184 Å². The van der Waals surface area contributed by atoms with Crippen LogP contribution in [0.2, 0.25) is 0 Å². The maximum absolute atomic E-state index is 6.03. The number of pyridine rings is 1. The van der Waals surface area contributed by atoms with E-state index in [1.165, 1.54) is 0 Å². The van der Waals surface area contributed by atoms with Crippen LogP contribution in [0, 0.1) is 11.8 Å². The zero-order chi connectivity index (χ0) is 21.4. The van der Waals surface area contributed by atoms with Gasteiger partial charge in [-0.2, -0.15) is 0 Å². The summed E-state index contributed by atoms with van der Waals surface area (Å²) in [5, 5.41) is 0. The van der Waals surface area contributed by atoms with Crippen molar-refractivity contribution in [3.8, 4) is 17.6 Å². The molecule has 0 spiro atoms. The molecule has 2 aromatic rings. The second-order valence-corrected chi connectivity index (χ2v) is 8.24. The molecule has 164 valence electrons. The molecule has 2 fully saturated rings. The Morgan fingerprint density at radius 2 is 1.81 bits per heavy atom. The Hall–Kier alpha value is -2.43. The average Bonchev–Trinajstić information content (AvgIpc) is 3.34. The number of ether oxygens (including phenoxy) is 4. The van der Waals surface area contributed by atoms with Crippen LogP contribution in [0.15, 0.2) is 42.5 Å². The molecule has 2 aliphatic heterocycles. The van der Waals surface area contributed by atoms with Gasteiger partial charge in [0.15, 0.2) is 0 Å². The van der Waals surface area contributed by atoms with Crippen molar-refractivity contribution >= 4 is 0 Å². The van der Waals surface area contributed by atoms with Crippen LogP contribution in [-0.4, -0.2) is 62.6 Å². The lowest BCUT2D eigenvalue weighted by atomic mass is 10.2. The third kappa shape index (κ3) is 6.28. The molecule has 0 unspecified atom stereocenters. The molecule has 1 aromatic heterocycles. The van der Waals surface area contributed by atoms with Crippen LogP contribution in [0.25, 0.3) is 0 Å². The Bertz CT molecular complexity index is 895. The first kappa shape index (κ1) is 21.8. The van der Waals surface area contributed by atoms with E-state index in [0.29, 0.717) is 37.0 Å². The molecule has 4 rings (SSSR count). The summed E-state index contributed by atoms with van der Waals surface area (Å²) in [7, 11) is 2.31. The Balaban J connectivity index is 1.38. The summed E-state index contributed by atoms with van der Waals surface area (Å²) >= 11 is 0. The molecule has 0 N–H and O–H groups in total. The zero-order valence-corrected chi connectivity index (χ0v) is 18.2. The van der Waals surface area contributed by atoms with E-state index >= 15 is 0 Å². The number of hydrogen-bond donors (Lipinski definition) is 0. The number of unbranched alkanes of at least 4 members (excludes halogenated alkanes) is 1. The van der Waals surface area contributed by atoms with E-state index in [1.54, 1.807) is 0 Å². The Kier molecular flexibility index (Phi) is 7.55. The van der Waals surface area contributed by atoms with Crippen LogP contribution < -0.4 is 4.74 Å². The molecule has 0 saturated carbocycles. The lowest BCUT2D eigenvalue weighted by molar-refractivity contribution is -0.917. The minimum Gasteiger partial charge on any atom is -0.487 e. The lowest BCUT2D eigenvalue weighted by Gasteiger charge is -2.37. The standard InChI is InChI=1S/C25H31N2O4/c1-27(14-16-28-17-15-27)13-7-3-6-10-22-11-12-23(24(26-22)25-29-18-19-30-25)31-20-21-8-4-2-5-9-21/h2,4-5,8-9,11-12,25H,3,7,13-20H2,1H3/q+1. The van der Waals surface area contributed by atoms with Gasteiger partial charge in [-0.05, 0) is 23.6 Å². The molecule has 6 nitrogen and oxygen atoms in total. The number of benzene rings is 1. The smallest absolute Gasteiger partial charge is 0.205 e. The van der Waals surface area contributed by atoms with Crippen molar-refractivity contribution < 1.29 is 23.4 Å². The average molecular weight is 424 g/mol. The highest BCUT2D eigenvalue weighted by Crippen LogP contribution is 2.30. The number of nitrogens with zero attached hydrogens (tertiary/aromatic N) is 2. The van der Waals surface area contributed by atoms with Gasteiger partial charge in [-0.25, -0.2) is 4.98 Å². The number of quaternary nitrogens is 1.